The number of aryl methyl sites for hydroxylation is 1. The number of phenolic OH excluding ortho intramolecular Hbond substituents is 1. The summed E-state index contributed by atoms with van der Waals surface area (Å²) < 4.78 is 0. The van der Waals surface area contributed by atoms with Crippen LogP contribution in [-0.4, -0.2) is 41.5 Å². The van der Waals surface area contributed by atoms with Gasteiger partial charge in [0.1, 0.15) is 17.4 Å². The summed E-state index contributed by atoms with van der Waals surface area (Å²) in [6, 6.07) is 6.64. The lowest BCUT2D eigenvalue weighted by atomic mass is 10.2. The molecule has 2 rings (SSSR count). The number of rotatable bonds is 7. The first-order valence-corrected chi connectivity index (χ1v) is 8.23. The Morgan fingerprint density at radius 3 is 2.92 bits per heavy atom. The highest BCUT2D eigenvalue weighted by molar-refractivity contribution is 5.97. The molecule has 0 bridgehead atoms. The van der Waals surface area contributed by atoms with E-state index in [1.165, 1.54) is 12.3 Å². The number of carbonyl (C=O) groups is 2. The van der Waals surface area contributed by atoms with Crippen LogP contribution in [0.3, 0.4) is 0 Å². The van der Waals surface area contributed by atoms with Gasteiger partial charge in [-0.25, -0.2) is 0 Å². The summed E-state index contributed by atoms with van der Waals surface area (Å²) in [7, 11) is 0. The molecule has 2 amide bonds. The van der Waals surface area contributed by atoms with Crippen LogP contribution in [-0.2, 0) is 9.59 Å². The predicted molar refractivity (Wildman–Crippen MR) is 93.6 cm³/mol. The second kappa shape index (κ2) is 8.73. The smallest absolute Gasteiger partial charge is 0.263 e. The van der Waals surface area contributed by atoms with Crippen molar-refractivity contribution in [1.29, 1.82) is 5.26 Å². The van der Waals surface area contributed by atoms with Gasteiger partial charge >= 0.3 is 0 Å². The van der Waals surface area contributed by atoms with Crippen LogP contribution >= 0.6 is 0 Å². The zero-order valence-electron chi connectivity index (χ0n) is 14.2. The Morgan fingerprint density at radius 2 is 2.28 bits per heavy atom. The highest BCUT2D eigenvalue weighted by Crippen LogP contribution is 2.20. The molecule has 0 spiro atoms. The van der Waals surface area contributed by atoms with E-state index in [4.69, 9.17) is 5.26 Å². The van der Waals surface area contributed by atoms with E-state index in [0.717, 1.165) is 18.5 Å². The number of carbonyl (C=O) groups excluding carboxylic acids is 2. The van der Waals surface area contributed by atoms with Gasteiger partial charge in [0, 0.05) is 37.9 Å². The quantitative estimate of drug-likeness (QED) is 0.302. The molecule has 132 valence electrons. The van der Waals surface area contributed by atoms with Crippen molar-refractivity contribution in [3.8, 4) is 11.8 Å². The Bertz CT molecular complexity index is 722. The fourth-order valence-corrected chi connectivity index (χ4v) is 2.62. The van der Waals surface area contributed by atoms with Crippen LogP contribution in [0.25, 0.3) is 0 Å². The molecule has 0 unspecified atom stereocenters. The van der Waals surface area contributed by atoms with Gasteiger partial charge in [-0.15, -0.1) is 0 Å². The van der Waals surface area contributed by atoms with Crippen molar-refractivity contribution in [3.05, 3.63) is 35.5 Å². The van der Waals surface area contributed by atoms with Crippen LogP contribution in [0.1, 0.15) is 24.8 Å². The molecule has 1 aromatic rings. The first-order valence-electron chi connectivity index (χ1n) is 8.23. The largest absolute Gasteiger partial charge is 0.508 e. The lowest BCUT2D eigenvalue weighted by Crippen LogP contribution is -2.31. The van der Waals surface area contributed by atoms with E-state index < -0.39 is 5.91 Å². The summed E-state index contributed by atoms with van der Waals surface area (Å²) >= 11 is 0. The number of nitrogens with zero attached hydrogens (tertiary/aromatic N) is 2. The minimum atomic E-state index is -0.459. The number of anilines is 1. The molecule has 7 nitrogen and oxygen atoms in total. The predicted octanol–water partition coefficient (Wildman–Crippen LogP) is 1.65. The van der Waals surface area contributed by atoms with Gasteiger partial charge in [0.05, 0.1) is 0 Å². The van der Waals surface area contributed by atoms with Gasteiger partial charge in [0.2, 0.25) is 5.91 Å². The molecular weight excluding hydrogens is 320 g/mol. The first kappa shape index (κ1) is 18.3. The van der Waals surface area contributed by atoms with Gasteiger partial charge < -0.3 is 20.6 Å². The van der Waals surface area contributed by atoms with E-state index >= 15 is 0 Å². The molecule has 1 aliphatic heterocycles. The SMILES string of the molecule is Cc1cc(O)ccc1N/C=C(/C#N)C(=O)NCCCN1CCCC1=O. The number of amides is 2. The maximum Gasteiger partial charge on any atom is 0.263 e. The average molecular weight is 342 g/mol. The number of aromatic hydroxyl groups is 1. The van der Waals surface area contributed by atoms with E-state index in [1.807, 2.05) is 13.0 Å². The molecule has 7 heteroatoms. The Morgan fingerprint density at radius 1 is 1.48 bits per heavy atom. The van der Waals surface area contributed by atoms with E-state index in [0.29, 0.717) is 31.6 Å². The highest BCUT2D eigenvalue weighted by atomic mass is 16.3. The molecule has 1 aromatic carbocycles. The van der Waals surface area contributed by atoms with Crippen LogP contribution in [0.4, 0.5) is 5.69 Å². The van der Waals surface area contributed by atoms with Crippen molar-refractivity contribution in [2.45, 2.75) is 26.2 Å². The third-order valence-corrected chi connectivity index (χ3v) is 4.01. The average Bonchev–Trinajstić information content (AvgIpc) is 2.99. The van der Waals surface area contributed by atoms with Crippen molar-refractivity contribution in [1.82, 2.24) is 10.2 Å². The van der Waals surface area contributed by atoms with Crippen molar-refractivity contribution in [2.75, 3.05) is 25.0 Å². The molecule has 1 heterocycles. The second-order valence-electron chi connectivity index (χ2n) is 5.91. The van der Waals surface area contributed by atoms with Gasteiger partial charge in [0.25, 0.3) is 5.91 Å². The third-order valence-electron chi connectivity index (χ3n) is 4.01. The van der Waals surface area contributed by atoms with Gasteiger partial charge in [0.15, 0.2) is 0 Å². The highest BCUT2D eigenvalue weighted by Gasteiger charge is 2.19. The normalized spacial score (nSPS) is 14.3. The number of nitrogens with one attached hydrogen (secondary N) is 2. The van der Waals surface area contributed by atoms with Gasteiger partial charge in [-0.2, -0.15) is 5.26 Å². The number of benzene rings is 1. The van der Waals surface area contributed by atoms with E-state index in [1.54, 1.807) is 17.0 Å². The minimum absolute atomic E-state index is 0.0373. The second-order valence-corrected chi connectivity index (χ2v) is 5.91. The monoisotopic (exact) mass is 342 g/mol. The summed E-state index contributed by atoms with van der Waals surface area (Å²) in [5.74, 6) is -0.140. The Labute approximate surface area is 146 Å². The molecule has 3 N–H and O–H groups in total. The summed E-state index contributed by atoms with van der Waals surface area (Å²) in [5.41, 5.74) is 1.46. The lowest BCUT2D eigenvalue weighted by Gasteiger charge is -2.15. The third kappa shape index (κ3) is 5.24. The van der Waals surface area contributed by atoms with Crippen LogP contribution in [0.2, 0.25) is 0 Å². The van der Waals surface area contributed by atoms with Crippen molar-refractivity contribution >= 4 is 17.5 Å². The summed E-state index contributed by atoms with van der Waals surface area (Å²) in [6.45, 7) is 3.61. The van der Waals surface area contributed by atoms with Crippen molar-refractivity contribution < 1.29 is 14.7 Å². The van der Waals surface area contributed by atoms with E-state index in [9.17, 15) is 14.7 Å². The minimum Gasteiger partial charge on any atom is -0.508 e. The molecule has 0 aromatic heterocycles. The topological polar surface area (TPSA) is 105 Å². The Balaban J connectivity index is 1.81. The molecule has 1 saturated heterocycles. The van der Waals surface area contributed by atoms with Gasteiger partial charge in [-0.05, 0) is 43.5 Å². The summed E-state index contributed by atoms with van der Waals surface area (Å²) in [5, 5.41) is 24.1. The number of phenols is 1. The fraction of sp³-hybridized carbons (Fsp3) is 0.389. The van der Waals surface area contributed by atoms with Crippen molar-refractivity contribution in [2.24, 2.45) is 0 Å². The number of nitriles is 1. The lowest BCUT2D eigenvalue weighted by molar-refractivity contribution is -0.127. The number of hydrogen-bond donors (Lipinski definition) is 3. The van der Waals surface area contributed by atoms with Crippen LogP contribution in [0, 0.1) is 18.3 Å². The molecule has 1 aliphatic rings. The van der Waals surface area contributed by atoms with E-state index in [2.05, 4.69) is 10.6 Å². The summed E-state index contributed by atoms with van der Waals surface area (Å²) in [6.07, 6.45) is 3.50. The molecule has 0 radical (unpaired) electrons. The van der Waals surface area contributed by atoms with Crippen LogP contribution < -0.4 is 10.6 Å². The van der Waals surface area contributed by atoms with E-state index in [-0.39, 0.29) is 17.2 Å². The number of likely N-dealkylation sites (tertiary alicyclic amines) is 1. The molecule has 0 saturated carbocycles. The fourth-order valence-electron chi connectivity index (χ4n) is 2.62. The van der Waals surface area contributed by atoms with Gasteiger partial charge in [-0.3, -0.25) is 9.59 Å². The Hall–Kier alpha value is -3.01. The number of hydrogen-bond acceptors (Lipinski definition) is 5. The zero-order chi connectivity index (χ0) is 18.2. The van der Waals surface area contributed by atoms with Crippen LogP contribution in [0.5, 0.6) is 5.75 Å². The molecular formula is C18H22N4O3. The molecule has 0 atom stereocenters. The standard InChI is InChI=1S/C18H22N4O3/c1-13-10-15(23)5-6-16(13)21-12-14(11-19)18(25)20-7-3-9-22-8-2-4-17(22)24/h5-6,10,12,21,23H,2-4,7-9H2,1H3,(H,20,25)/b14-12-. The summed E-state index contributed by atoms with van der Waals surface area (Å²) in [4.78, 5) is 25.3. The molecule has 1 fully saturated rings. The maximum absolute atomic E-state index is 12.0. The first-order chi connectivity index (χ1) is 12.0. The Kier molecular flexibility index (Phi) is 6.40. The maximum atomic E-state index is 12.0. The zero-order valence-corrected chi connectivity index (χ0v) is 14.2. The van der Waals surface area contributed by atoms with Gasteiger partial charge in [-0.1, -0.05) is 0 Å². The van der Waals surface area contributed by atoms with Crippen molar-refractivity contribution in [3.63, 3.8) is 0 Å². The van der Waals surface area contributed by atoms with Crippen LogP contribution in [0.15, 0.2) is 30.0 Å². The molecule has 25 heavy (non-hydrogen) atoms. The molecule has 0 aliphatic carbocycles.